The Bertz CT molecular complexity index is 424. The maximum atomic E-state index is 11.0. The van der Waals surface area contributed by atoms with Gasteiger partial charge in [0.25, 0.3) is 0 Å². The van der Waals surface area contributed by atoms with E-state index in [1.807, 2.05) is 29.2 Å². The number of rotatable bonds is 6. The van der Waals surface area contributed by atoms with Crippen molar-refractivity contribution in [3.05, 3.63) is 24.3 Å². The molecule has 1 heterocycles. The molecule has 0 aromatic heterocycles. The molecule has 1 aromatic carbocycles. The van der Waals surface area contributed by atoms with Crippen molar-refractivity contribution in [3.8, 4) is 11.5 Å². The second-order valence-corrected chi connectivity index (χ2v) is 4.56. The van der Waals surface area contributed by atoms with Crippen LogP contribution in [0.3, 0.4) is 0 Å². The van der Waals surface area contributed by atoms with Crippen LogP contribution < -0.4 is 9.47 Å². The van der Waals surface area contributed by atoms with Crippen LogP contribution in [0.5, 0.6) is 11.5 Å². The van der Waals surface area contributed by atoms with E-state index in [0.717, 1.165) is 30.9 Å². The molecule has 0 bridgehead atoms. The summed E-state index contributed by atoms with van der Waals surface area (Å²) in [4.78, 5) is 13.0. The van der Waals surface area contributed by atoms with Crippen LogP contribution in [-0.4, -0.2) is 48.8 Å². The van der Waals surface area contributed by atoms with Gasteiger partial charge in [0.1, 0.15) is 24.1 Å². The molecule has 1 N–H and O–H groups in total. The lowest BCUT2D eigenvalue weighted by atomic mass is 10.2. The van der Waals surface area contributed by atoms with Crippen molar-refractivity contribution < 1.29 is 19.4 Å². The molecule has 112 valence electrons. The van der Waals surface area contributed by atoms with Gasteiger partial charge in [-0.1, -0.05) is 0 Å². The number of carboxylic acid groups (broad SMARTS) is 1. The summed E-state index contributed by atoms with van der Waals surface area (Å²) >= 11 is 0. The Morgan fingerprint density at radius 3 is 2.60 bits per heavy atom. The molecular weight excluding hydrogens is 282 g/mol. The highest BCUT2D eigenvalue weighted by Gasteiger charge is 2.29. The number of likely N-dealkylation sites (tertiary alicyclic amines) is 1. The number of methoxy groups -OCH3 is 1. The maximum Gasteiger partial charge on any atom is 0.320 e. The second-order valence-electron chi connectivity index (χ2n) is 4.56. The molecule has 0 amide bonds. The Morgan fingerprint density at radius 2 is 2.00 bits per heavy atom. The van der Waals surface area contributed by atoms with Gasteiger partial charge in [0, 0.05) is 6.54 Å². The number of halogens is 1. The molecular formula is C14H20ClNO4. The largest absolute Gasteiger partial charge is 0.497 e. The van der Waals surface area contributed by atoms with Crippen LogP contribution in [0.15, 0.2) is 24.3 Å². The van der Waals surface area contributed by atoms with Crippen molar-refractivity contribution in [1.29, 1.82) is 0 Å². The van der Waals surface area contributed by atoms with Crippen molar-refractivity contribution >= 4 is 18.4 Å². The van der Waals surface area contributed by atoms with Crippen LogP contribution in [0.1, 0.15) is 12.8 Å². The van der Waals surface area contributed by atoms with E-state index in [4.69, 9.17) is 14.6 Å². The lowest BCUT2D eigenvalue weighted by Gasteiger charge is -2.20. The van der Waals surface area contributed by atoms with Crippen molar-refractivity contribution in [1.82, 2.24) is 4.90 Å². The Hall–Kier alpha value is -1.46. The molecule has 0 aliphatic carbocycles. The number of carboxylic acids is 1. The first kappa shape index (κ1) is 16.6. The predicted molar refractivity (Wildman–Crippen MR) is 78.0 cm³/mol. The highest BCUT2D eigenvalue weighted by molar-refractivity contribution is 5.85. The van der Waals surface area contributed by atoms with Gasteiger partial charge >= 0.3 is 5.97 Å². The molecule has 1 fully saturated rings. The van der Waals surface area contributed by atoms with E-state index in [1.54, 1.807) is 7.11 Å². The summed E-state index contributed by atoms with van der Waals surface area (Å²) in [5, 5.41) is 9.06. The minimum absolute atomic E-state index is 0. The summed E-state index contributed by atoms with van der Waals surface area (Å²) in [6, 6.07) is 7.02. The number of ether oxygens (including phenoxy) is 2. The quantitative estimate of drug-likeness (QED) is 0.871. The summed E-state index contributed by atoms with van der Waals surface area (Å²) in [5.74, 6) is 0.826. The number of carbonyl (C=O) groups is 1. The van der Waals surface area contributed by atoms with Crippen LogP contribution >= 0.6 is 12.4 Å². The van der Waals surface area contributed by atoms with Gasteiger partial charge in [-0.05, 0) is 43.7 Å². The molecule has 1 aliphatic heterocycles. The fourth-order valence-electron chi connectivity index (χ4n) is 2.33. The first-order valence-corrected chi connectivity index (χ1v) is 6.44. The molecule has 1 aromatic rings. The molecule has 6 heteroatoms. The lowest BCUT2D eigenvalue weighted by Crippen LogP contribution is -2.38. The summed E-state index contributed by atoms with van der Waals surface area (Å²) < 4.78 is 10.7. The second kappa shape index (κ2) is 7.97. The Balaban J connectivity index is 0.00000200. The molecule has 1 saturated heterocycles. The molecule has 0 spiro atoms. The number of nitrogens with zero attached hydrogens (tertiary/aromatic N) is 1. The molecule has 1 aliphatic rings. The minimum atomic E-state index is -0.734. The SMILES string of the molecule is COc1ccc(OCCN2CCC[C@H]2C(=O)O)cc1.Cl. The van der Waals surface area contributed by atoms with Crippen molar-refractivity contribution in [2.45, 2.75) is 18.9 Å². The van der Waals surface area contributed by atoms with E-state index < -0.39 is 5.97 Å². The highest BCUT2D eigenvalue weighted by Crippen LogP contribution is 2.19. The average Bonchev–Trinajstić information content (AvgIpc) is 2.88. The molecule has 5 nitrogen and oxygen atoms in total. The van der Waals surface area contributed by atoms with Gasteiger partial charge in [-0.2, -0.15) is 0 Å². The Labute approximate surface area is 124 Å². The number of aliphatic carboxylic acids is 1. The van der Waals surface area contributed by atoms with E-state index in [9.17, 15) is 4.79 Å². The van der Waals surface area contributed by atoms with Gasteiger partial charge in [0.05, 0.1) is 7.11 Å². The molecule has 0 saturated carbocycles. The third kappa shape index (κ3) is 4.28. The summed E-state index contributed by atoms with van der Waals surface area (Å²) in [6.07, 6.45) is 1.68. The summed E-state index contributed by atoms with van der Waals surface area (Å²) in [5.41, 5.74) is 0. The van der Waals surface area contributed by atoms with Gasteiger partial charge < -0.3 is 14.6 Å². The predicted octanol–water partition coefficient (Wildman–Crippen LogP) is 2.04. The molecule has 1 atom stereocenters. The number of hydrogen-bond acceptors (Lipinski definition) is 4. The summed E-state index contributed by atoms with van der Waals surface area (Å²) in [7, 11) is 1.62. The van der Waals surface area contributed by atoms with Gasteiger partial charge in [-0.25, -0.2) is 0 Å². The van der Waals surface area contributed by atoms with Gasteiger partial charge in [0.15, 0.2) is 0 Å². The third-order valence-electron chi connectivity index (χ3n) is 3.36. The van der Waals surface area contributed by atoms with E-state index in [0.29, 0.717) is 13.2 Å². The zero-order valence-corrected chi connectivity index (χ0v) is 12.3. The standard InChI is InChI=1S/C14H19NO4.ClH/c1-18-11-4-6-12(7-5-11)19-10-9-15-8-2-3-13(15)14(16)17;/h4-7,13H,2-3,8-10H2,1H3,(H,16,17);1H/t13-;/m0./s1. The van der Waals surface area contributed by atoms with Gasteiger partial charge in [-0.15, -0.1) is 12.4 Å². The smallest absolute Gasteiger partial charge is 0.320 e. The molecule has 2 rings (SSSR count). The van der Waals surface area contributed by atoms with Crippen LogP contribution in [0, 0.1) is 0 Å². The topological polar surface area (TPSA) is 59.0 Å². The first-order valence-electron chi connectivity index (χ1n) is 6.44. The van der Waals surface area contributed by atoms with Crippen molar-refractivity contribution in [2.75, 3.05) is 26.8 Å². The Morgan fingerprint density at radius 1 is 1.35 bits per heavy atom. The van der Waals surface area contributed by atoms with E-state index >= 15 is 0 Å². The first-order chi connectivity index (χ1) is 9.20. The third-order valence-corrected chi connectivity index (χ3v) is 3.36. The highest BCUT2D eigenvalue weighted by atomic mass is 35.5. The van der Waals surface area contributed by atoms with Crippen LogP contribution in [-0.2, 0) is 4.79 Å². The molecule has 0 unspecified atom stereocenters. The van der Waals surface area contributed by atoms with E-state index in [1.165, 1.54) is 0 Å². The zero-order chi connectivity index (χ0) is 13.7. The van der Waals surface area contributed by atoms with Gasteiger partial charge in [0.2, 0.25) is 0 Å². The maximum absolute atomic E-state index is 11.0. The summed E-state index contributed by atoms with van der Waals surface area (Å²) in [6.45, 7) is 1.97. The van der Waals surface area contributed by atoms with E-state index in [2.05, 4.69) is 0 Å². The normalized spacial score (nSPS) is 18.4. The van der Waals surface area contributed by atoms with Crippen molar-refractivity contribution in [2.24, 2.45) is 0 Å². The fourth-order valence-corrected chi connectivity index (χ4v) is 2.33. The van der Waals surface area contributed by atoms with E-state index in [-0.39, 0.29) is 18.4 Å². The number of hydrogen-bond donors (Lipinski definition) is 1. The van der Waals surface area contributed by atoms with Crippen LogP contribution in [0.25, 0.3) is 0 Å². The zero-order valence-electron chi connectivity index (χ0n) is 11.4. The van der Waals surface area contributed by atoms with Crippen molar-refractivity contribution in [3.63, 3.8) is 0 Å². The Kier molecular flexibility index (Phi) is 6.61. The molecule has 0 radical (unpaired) electrons. The minimum Gasteiger partial charge on any atom is -0.497 e. The van der Waals surface area contributed by atoms with Crippen LogP contribution in [0.2, 0.25) is 0 Å². The monoisotopic (exact) mass is 301 g/mol. The number of benzene rings is 1. The molecule has 20 heavy (non-hydrogen) atoms. The lowest BCUT2D eigenvalue weighted by molar-refractivity contribution is -0.142. The van der Waals surface area contributed by atoms with Crippen LogP contribution in [0.4, 0.5) is 0 Å². The fraction of sp³-hybridized carbons (Fsp3) is 0.500. The average molecular weight is 302 g/mol. The van der Waals surface area contributed by atoms with Gasteiger partial charge in [-0.3, -0.25) is 9.69 Å².